The first-order valence-corrected chi connectivity index (χ1v) is 8.55. The Morgan fingerprint density at radius 2 is 2.42 bits per heavy atom. The number of hydrogen-bond donors (Lipinski definition) is 2. The third-order valence-electron chi connectivity index (χ3n) is 4.12. The fourth-order valence-electron chi connectivity index (χ4n) is 2.87. The zero-order valence-electron chi connectivity index (χ0n) is 12.9. The van der Waals surface area contributed by atoms with Crippen molar-refractivity contribution in [3.8, 4) is 0 Å². The van der Waals surface area contributed by atoms with Crippen LogP contribution in [0.3, 0.4) is 0 Å². The Morgan fingerprint density at radius 1 is 1.50 bits per heavy atom. The SMILES string of the molecule is O[n+]1cccc(CNc2cc(C3CCOC3)nc3c(Br)cnn23)c1. The van der Waals surface area contributed by atoms with Crippen LogP contribution >= 0.6 is 15.9 Å². The summed E-state index contributed by atoms with van der Waals surface area (Å²) in [6.07, 6.45) is 5.97. The summed E-state index contributed by atoms with van der Waals surface area (Å²) in [5.74, 6) is 1.18. The zero-order chi connectivity index (χ0) is 16.5. The molecule has 7 nitrogen and oxygen atoms in total. The maximum absolute atomic E-state index is 9.51. The molecular weight excluding hydrogens is 374 g/mol. The van der Waals surface area contributed by atoms with Crippen LogP contribution in [0.1, 0.15) is 23.6 Å². The molecule has 1 fully saturated rings. The summed E-state index contributed by atoms with van der Waals surface area (Å²) in [7, 11) is 0. The minimum Gasteiger partial charge on any atom is -0.381 e. The van der Waals surface area contributed by atoms with E-state index < -0.39 is 0 Å². The van der Waals surface area contributed by atoms with E-state index in [-0.39, 0.29) is 0 Å². The average molecular weight is 391 g/mol. The van der Waals surface area contributed by atoms with Gasteiger partial charge in [0, 0.05) is 41.5 Å². The first kappa shape index (κ1) is 15.3. The molecule has 1 aliphatic heterocycles. The van der Waals surface area contributed by atoms with Crippen molar-refractivity contribution in [3.05, 3.63) is 52.5 Å². The molecule has 2 N–H and O–H groups in total. The quantitative estimate of drug-likeness (QED) is 0.527. The number of fused-ring (bicyclic) bond motifs is 1. The van der Waals surface area contributed by atoms with Gasteiger partial charge in [0.15, 0.2) is 5.65 Å². The molecule has 4 rings (SSSR count). The highest BCUT2D eigenvalue weighted by atomic mass is 79.9. The van der Waals surface area contributed by atoms with Gasteiger partial charge in [0.2, 0.25) is 12.4 Å². The van der Waals surface area contributed by atoms with Gasteiger partial charge in [0.1, 0.15) is 5.82 Å². The smallest absolute Gasteiger partial charge is 0.227 e. The van der Waals surface area contributed by atoms with E-state index in [4.69, 9.17) is 9.72 Å². The molecule has 24 heavy (non-hydrogen) atoms. The summed E-state index contributed by atoms with van der Waals surface area (Å²) in [4.78, 5) is 4.74. The van der Waals surface area contributed by atoms with E-state index >= 15 is 0 Å². The normalized spacial score (nSPS) is 17.5. The van der Waals surface area contributed by atoms with E-state index in [1.165, 1.54) is 0 Å². The number of nitrogens with one attached hydrogen (secondary N) is 1. The van der Waals surface area contributed by atoms with Crippen molar-refractivity contribution in [2.45, 2.75) is 18.9 Å². The lowest BCUT2D eigenvalue weighted by Gasteiger charge is -2.13. The van der Waals surface area contributed by atoms with Gasteiger partial charge in [-0.3, -0.25) is 5.21 Å². The number of hydrogen-bond acceptors (Lipinski definition) is 5. The highest BCUT2D eigenvalue weighted by molar-refractivity contribution is 9.10. The van der Waals surface area contributed by atoms with Gasteiger partial charge >= 0.3 is 0 Å². The second kappa shape index (κ2) is 6.37. The maximum atomic E-state index is 9.51. The second-order valence-electron chi connectivity index (χ2n) is 5.80. The van der Waals surface area contributed by atoms with Crippen LogP contribution in [0.4, 0.5) is 5.82 Å². The van der Waals surface area contributed by atoms with Crippen molar-refractivity contribution in [1.82, 2.24) is 14.6 Å². The Labute approximate surface area is 147 Å². The molecule has 8 heteroatoms. The Morgan fingerprint density at radius 3 is 3.21 bits per heavy atom. The van der Waals surface area contributed by atoms with E-state index in [9.17, 15) is 5.21 Å². The van der Waals surface area contributed by atoms with E-state index in [0.29, 0.717) is 19.1 Å². The van der Waals surface area contributed by atoms with Gasteiger partial charge in [-0.25, -0.2) is 4.98 Å². The number of pyridine rings is 1. The molecule has 0 amide bonds. The fraction of sp³-hybridized carbons (Fsp3) is 0.312. The van der Waals surface area contributed by atoms with Gasteiger partial charge in [0.25, 0.3) is 0 Å². The predicted molar refractivity (Wildman–Crippen MR) is 90.0 cm³/mol. The van der Waals surface area contributed by atoms with Crippen molar-refractivity contribution in [2.75, 3.05) is 18.5 Å². The summed E-state index contributed by atoms with van der Waals surface area (Å²) >= 11 is 3.51. The molecule has 1 aliphatic rings. The predicted octanol–water partition coefficient (Wildman–Crippen LogP) is 2.13. The van der Waals surface area contributed by atoms with Crippen molar-refractivity contribution < 1.29 is 14.7 Å². The standard InChI is InChI=1S/C16H17BrN5O2/c17-13-8-19-22-15(18-7-11-2-1-4-21(23)9-11)6-14(20-16(13)22)12-3-5-24-10-12/h1-2,4,6,8-9,12,18,23H,3,5,7,10H2/q+1. The summed E-state index contributed by atoms with van der Waals surface area (Å²) in [5, 5.41) is 17.3. The molecule has 1 saturated heterocycles. The van der Waals surface area contributed by atoms with Gasteiger partial charge < -0.3 is 10.1 Å². The fourth-order valence-corrected chi connectivity index (χ4v) is 3.21. The van der Waals surface area contributed by atoms with Gasteiger partial charge in [-0.1, -0.05) is 0 Å². The molecule has 1 atom stereocenters. The van der Waals surface area contributed by atoms with Crippen LogP contribution in [0, 0.1) is 0 Å². The van der Waals surface area contributed by atoms with Crippen molar-refractivity contribution in [1.29, 1.82) is 0 Å². The van der Waals surface area contributed by atoms with Crippen LogP contribution in [0.15, 0.2) is 41.3 Å². The van der Waals surface area contributed by atoms with Crippen LogP contribution < -0.4 is 10.0 Å². The van der Waals surface area contributed by atoms with Crippen LogP contribution in [0.2, 0.25) is 0 Å². The number of ether oxygens (including phenoxy) is 1. The molecule has 1 unspecified atom stereocenters. The molecule has 124 valence electrons. The monoisotopic (exact) mass is 390 g/mol. The van der Waals surface area contributed by atoms with Gasteiger partial charge in [0.05, 0.1) is 23.0 Å². The van der Waals surface area contributed by atoms with Crippen molar-refractivity contribution >= 4 is 27.4 Å². The summed E-state index contributed by atoms with van der Waals surface area (Å²) in [6, 6.07) is 5.77. The Hall–Kier alpha value is -2.19. The van der Waals surface area contributed by atoms with Crippen LogP contribution in [-0.2, 0) is 11.3 Å². The lowest BCUT2D eigenvalue weighted by atomic mass is 10.0. The Bertz CT molecular complexity index is 876. The third kappa shape index (κ3) is 2.94. The maximum Gasteiger partial charge on any atom is 0.227 e. The average Bonchev–Trinajstić information content (AvgIpc) is 3.23. The molecule has 3 aromatic rings. The van der Waals surface area contributed by atoms with Crippen molar-refractivity contribution in [2.24, 2.45) is 0 Å². The molecule has 0 bridgehead atoms. The van der Waals surface area contributed by atoms with Gasteiger partial charge in [-0.05, 0) is 28.4 Å². The second-order valence-corrected chi connectivity index (χ2v) is 6.65. The molecule has 0 saturated carbocycles. The van der Waals surface area contributed by atoms with Crippen LogP contribution in [0.25, 0.3) is 5.65 Å². The molecule has 0 radical (unpaired) electrons. The van der Waals surface area contributed by atoms with Crippen LogP contribution in [0.5, 0.6) is 0 Å². The van der Waals surface area contributed by atoms with Gasteiger partial charge in [-0.15, -0.1) is 0 Å². The van der Waals surface area contributed by atoms with Gasteiger partial charge in [-0.2, -0.15) is 9.61 Å². The minimum absolute atomic E-state index is 0.314. The lowest BCUT2D eigenvalue weighted by Crippen LogP contribution is -2.29. The Kier molecular flexibility index (Phi) is 4.07. The lowest BCUT2D eigenvalue weighted by molar-refractivity contribution is -0.905. The largest absolute Gasteiger partial charge is 0.381 e. The molecule has 0 aliphatic carbocycles. The van der Waals surface area contributed by atoms with E-state index in [0.717, 1.165) is 45.0 Å². The highest BCUT2D eigenvalue weighted by Crippen LogP contribution is 2.28. The highest BCUT2D eigenvalue weighted by Gasteiger charge is 2.21. The summed E-state index contributed by atoms with van der Waals surface area (Å²) in [6.45, 7) is 2.05. The summed E-state index contributed by atoms with van der Waals surface area (Å²) < 4.78 is 9.18. The first-order chi connectivity index (χ1) is 11.7. The number of anilines is 1. The number of nitrogens with zero attached hydrogens (tertiary/aromatic N) is 4. The first-order valence-electron chi connectivity index (χ1n) is 7.76. The van der Waals surface area contributed by atoms with E-state index in [2.05, 4.69) is 26.3 Å². The molecular formula is C16H17BrN5O2+. The topological polar surface area (TPSA) is 75.6 Å². The third-order valence-corrected chi connectivity index (χ3v) is 4.68. The molecule has 4 heterocycles. The number of rotatable bonds is 4. The molecule has 0 spiro atoms. The molecule has 3 aromatic heterocycles. The van der Waals surface area contributed by atoms with Crippen molar-refractivity contribution in [3.63, 3.8) is 0 Å². The zero-order valence-corrected chi connectivity index (χ0v) is 14.5. The number of aromatic nitrogens is 4. The van der Waals surface area contributed by atoms with Crippen LogP contribution in [-0.4, -0.2) is 33.0 Å². The minimum atomic E-state index is 0.314. The molecule has 0 aromatic carbocycles. The Balaban J connectivity index is 1.67. The number of halogens is 1. The van der Waals surface area contributed by atoms with E-state index in [1.807, 2.05) is 12.1 Å². The summed E-state index contributed by atoms with van der Waals surface area (Å²) in [5.41, 5.74) is 2.75. The van der Waals surface area contributed by atoms with E-state index in [1.54, 1.807) is 29.2 Å².